The fraction of sp³-hybridized carbons (Fsp3) is 0.667. The second-order valence-corrected chi connectivity index (χ2v) is 8.92. The van der Waals surface area contributed by atoms with Crippen molar-refractivity contribution in [2.75, 3.05) is 6.54 Å². The summed E-state index contributed by atoms with van der Waals surface area (Å²) in [5.41, 5.74) is -0.613. The van der Waals surface area contributed by atoms with Crippen molar-refractivity contribution < 1.29 is 18.0 Å². The number of likely N-dealkylation sites (tertiary alicyclic amines) is 1. The van der Waals surface area contributed by atoms with Gasteiger partial charge in [-0.05, 0) is 52.0 Å². The molecule has 2 aromatic rings. The van der Waals surface area contributed by atoms with E-state index in [1.165, 1.54) is 6.07 Å². The second kappa shape index (κ2) is 7.29. The molecule has 0 unspecified atom stereocenters. The van der Waals surface area contributed by atoms with Crippen LogP contribution in [0.1, 0.15) is 93.0 Å². The Bertz CT molecular complexity index is 913. The van der Waals surface area contributed by atoms with Crippen molar-refractivity contribution >= 4 is 11.6 Å². The number of amides is 1. The quantitative estimate of drug-likeness (QED) is 0.686. The van der Waals surface area contributed by atoms with Gasteiger partial charge in [0.15, 0.2) is 11.3 Å². The normalized spacial score (nSPS) is 20.9. The van der Waals surface area contributed by atoms with E-state index in [0.29, 0.717) is 12.2 Å². The molecule has 158 valence electrons. The van der Waals surface area contributed by atoms with Gasteiger partial charge in [0, 0.05) is 29.8 Å². The Labute approximate surface area is 168 Å². The van der Waals surface area contributed by atoms with Crippen LogP contribution >= 0.6 is 0 Å². The average molecular weight is 408 g/mol. The zero-order chi connectivity index (χ0) is 20.8. The van der Waals surface area contributed by atoms with Crippen molar-refractivity contribution in [3.8, 4) is 0 Å². The number of carbonyl (C=O) groups excluding carboxylic acids is 1. The lowest BCUT2D eigenvalue weighted by molar-refractivity contribution is -0.142. The first-order valence-electron chi connectivity index (χ1n) is 10.5. The lowest BCUT2D eigenvalue weighted by atomic mass is 9.86. The highest BCUT2D eigenvalue weighted by Gasteiger charge is 2.38. The minimum Gasteiger partial charge on any atom is -0.332 e. The van der Waals surface area contributed by atoms with Gasteiger partial charge in [0.25, 0.3) is 5.91 Å². The van der Waals surface area contributed by atoms with Gasteiger partial charge in [0.1, 0.15) is 5.69 Å². The van der Waals surface area contributed by atoms with Crippen LogP contribution in [0.5, 0.6) is 0 Å². The van der Waals surface area contributed by atoms with E-state index >= 15 is 0 Å². The summed E-state index contributed by atoms with van der Waals surface area (Å²) in [5.74, 6) is -0.294. The molecule has 0 N–H and O–H groups in total. The van der Waals surface area contributed by atoms with E-state index in [9.17, 15) is 18.0 Å². The average Bonchev–Trinajstić information content (AvgIpc) is 3.10. The first-order valence-corrected chi connectivity index (χ1v) is 10.5. The topological polar surface area (TPSA) is 50.5 Å². The Kier molecular flexibility index (Phi) is 5.07. The van der Waals surface area contributed by atoms with Gasteiger partial charge in [-0.3, -0.25) is 4.79 Å². The SMILES string of the molecule is CC1(C)CCCCN1C(=O)c1cc2nc(C3CCCCC3)cc(C(F)(F)F)n2n1. The Morgan fingerprint density at radius 3 is 2.48 bits per heavy atom. The van der Waals surface area contributed by atoms with E-state index in [1.54, 1.807) is 4.90 Å². The Hall–Kier alpha value is -2.12. The van der Waals surface area contributed by atoms with Crippen molar-refractivity contribution in [3.63, 3.8) is 0 Å². The summed E-state index contributed by atoms with van der Waals surface area (Å²) in [7, 11) is 0. The van der Waals surface area contributed by atoms with Gasteiger partial charge in [0.05, 0.1) is 0 Å². The number of carbonyl (C=O) groups is 1. The predicted molar refractivity (Wildman–Crippen MR) is 103 cm³/mol. The van der Waals surface area contributed by atoms with Gasteiger partial charge < -0.3 is 4.90 Å². The Morgan fingerprint density at radius 1 is 1.10 bits per heavy atom. The summed E-state index contributed by atoms with van der Waals surface area (Å²) in [6.07, 6.45) is 3.04. The van der Waals surface area contributed by atoms with Crippen LogP contribution in [-0.2, 0) is 6.18 Å². The van der Waals surface area contributed by atoms with Crippen molar-refractivity contribution in [1.29, 1.82) is 0 Å². The van der Waals surface area contributed by atoms with E-state index in [4.69, 9.17) is 0 Å². The lowest BCUT2D eigenvalue weighted by Crippen LogP contribution is -2.50. The van der Waals surface area contributed by atoms with E-state index < -0.39 is 11.9 Å². The fourth-order valence-electron chi connectivity index (χ4n) is 4.69. The van der Waals surface area contributed by atoms with Crippen LogP contribution < -0.4 is 0 Å². The Morgan fingerprint density at radius 2 is 1.83 bits per heavy atom. The maximum Gasteiger partial charge on any atom is 0.433 e. The maximum atomic E-state index is 13.8. The summed E-state index contributed by atoms with van der Waals surface area (Å²) >= 11 is 0. The van der Waals surface area contributed by atoms with Crippen molar-refractivity contribution in [1.82, 2.24) is 19.5 Å². The first kappa shape index (κ1) is 20.2. The molecule has 2 aromatic heterocycles. The molecule has 0 radical (unpaired) electrons. The monoisotopic (exact) mass is 408 g/mol. The molecule has 5 nitrogen and oxygen atoms in total. The molecule has 2 fully saturated rings. The largest absolute Gasteiger partial charge is 0.433 e. The molecule has 4 rings (SSSR count). The van der Waals surface area contributed by atoms with Crippen LogP contribution in [0, 0.1) is 0 Å². The molecule has 29 heavy (non-hydrogen) atoms. The summed E-state index contributed by atoms with van der Waals surface area (Å²) < 4.78 is 42.1. The molecule has 1 aliphatic heterocycles. The molecule has 0 aromatic carbocycles. The molecule has 0 spiro atoms. The second-order valence-electron chi connectivity index (χ2n) is 8.92. The minimum atomic E-state index is -4.57. The third-order valence-corrected chi connectivity index (χ3v) is 6.38. The number of piperidine rings is 1. The number of alkyl halides is 3. The Balaban J connectivity index is 1.76. The third-order valence-electron chi connectivity index (χ3n) is 6.38. The third kappa shape index (κ3) is 3.85. The van der Waals surface area contributed by atoms with Crippen molar-refractivity contribution in [2.24, 2.45) is 0 Å². The highest BCUT2D eigenvalue weighted by Crippen LogP contribution is 2.36. The number of hydrogen-bond acceptors (Lipinski definition) is 3. The van der Waals surface area contributed by atoms with E-state index in [1.807, 2.05) is 13.8 Å². The van der Waals surface area contributed by atoms with Gasteiger partial charge in [0.2, 0.25) is 0 Å². The molecule has 1 aliphatic carbocycles. The smallest absolute Gasteiger partial charge is 0.332 e. The fourth-order valence-corrected chi connectivity index (χ4v) is 4.69. The summed E-state index contributed by atoms with van der Waals surface area (Å²) in [5, 5.41) is 4.05. The standard InChI is InChI=1S/C21H27F3N4O/c1-20(2)10-6-7-11-27(20)19(29)16-13-18-25-15(14-8-4-3-5-9-14)12-17(21(22,23)24)28(18)26-16/h12-14H,3-11H2,1-2H3. The number of rotatable bonds is 2. The van der Waals surface area contributed by atoms with Crippen molar-refractivity contribution in [3.05, 3.63) is 29.2 Å². The highest BCUT2D eigenvalue weighted by atomic mass is 19.4. The van der Waals surface area contributed by atoms with Gasteiger partial charge in [-0.1, -0.05) is 19.3 Å². The van der Waals surface area contributed by atoms with E-state index in [2.05, 4.69) is 10.1 Å². The number of hydrogen-bond donors (Lipinski definition) is 0. The van der Waals surface area contributed by atoms with Gasteiger partial charge >= 0.3 is 6.18 Å². The first-order chi connectivity index (χ1) is 13.7. The van der Waals surface area contributed by atoms with Crippen LogP contribution in [0.3, 0.4) is 0 Å². The minimum absolute atomic E-state index is 0.0266. The number of nitrogens with zero attached hydrogens (tertiary/aromatic N) is 4. The zero-order valence-corrected chi connectivity index (χ0v) is 16.9. The zero-order valence-electron chi connectivity index (χ0n) is 16.9. The van der Waals surface area contributed by atoms with Crippen LogP contribution in [0.15, 0.2) is 12.1 Å². The van der Waals surface area contributed by atoms with Crippen LogP contribution in [0.4, 0.5) is 13.2 Å². The molecular weight excluding hydrogens is 381 g/mol. The van der Waals surface area contributed by atoms with Crippen molar-refractivity contribution in [2.45, 2.75) is 82.8 Å². The van der Waals surface area contributed by atoms with E-state index in [-0.39, 0.29) is 28.7 Å². The molecule has 1 saturated heterocycles. The summed E-state index contributed by atoms with van der Waals surface area (Å²) in [4.78, 5) is 19.3. The van der Waals surface area contributed by atoms with Crippen LogP contribution in [-0.4, -0.2) is 37.5 Å². The number of fused-ring (bicyclic) bond motifs is 1. The molecule has 1 amide bonds. The molecule has 8 heteroatoms. The molecule has 2 aliphatic rings. The van der Waals surface area contributed by atoms with Crippen LogP contribution in [0.25, 0.3) is 5.65 Å². The highest BCUT2D eigenvalue weighted by molar-refractivity contribution is 5.94. The molecule has 0 bridgehead atoms. The number of halogens is 3. The molecular formula is C21H27F3N4O. The van der Waals surface area contributed by atoms with Gasteiger partial charge in [-0.2, -0.15) is 18.3 Å². The van der Waals surface area contributed by atoms with Gasteiger partial charge in [-0.15, -0.1) is 0 Å². The molecule has 1 saturated carbocycles. The van der Waals surface area contributed by atoms with E-state index in [0.717, 1.165) is 61.9 Å². The summed E-state index contributed by atoms with van der Waals surface area (Å²) in [6, 6.07) is 2.53. The number of aromatic nitrogens is 3. The van der Waals surface area contributed by atoms with Gasteiger partial charge in [-0.25, -0.2) is 9.50 Å². The molecule has 3 heterocycles. The molecule has 0 atom stereocenters. The lowest BCUT2D eigenvalue weighted by Gasteiger charge is -2.42. The maximum absolute atomic E-state index is 13.8. The predicted octanol–water partition coefficient (Wildman–Crippen LogP) is 5.20. The van der Waals surface area contributed by atoms with Crippen LogP contribution in [0.2, 0.25) is 0 Å². The summed E-state index contributed by atoms with van der Waals surface area (Å²) in [6.45, 7) is 4.56.